The van der Waals surface area contributed by atoms with Gasteiger partial charge in [-0.3, -0.25) is 4.79 Å². The molecule has 0 spiro atoms. The van der Waals surface area contributed by atoms with Crippen molar-refractivity contribution in [2.24, 2.45) is 11.8 Å². The quantitative estimate of drug-likeness (QED) is 0.493. The number of methoxy groups -OCH3 is 1. The van der Waals surface area contributed by atoms with Gasteiger partial charge >= 0.3 is 5.97 Å². The molecular formula is C10H16NO4. The van der Waals surface area contributed by atoms with Crippen LogP contribution in [0.25, 0.3) is 0 Å². The van der Waals surface area contributed by atoms with Crippen LogP contribution in [-0.2, 0) is 19.5 Å². The van der Waals surface area contributed by atoms with E-state index in [0.29, 0.717) is 6.29 Å². The predicted octanol–water partition coefficient (Wildman–Crippen LogP) is 0.419. The van der Waals surface area contributed by atoms with Crippen LogP contribution in [0.4, 0.5) is 0 Å². The van der Waals surface area contributed by atoms with Gasteiger partial charge in [0, 0.05) is 12.0 Å². The molecule has 0 aromatic carbocycles. The molecule has 0 saturated carbocycles. The maximum Gasteiger partial charge on any atom is 0.311 e. The van der Waals surface area contributed by atoms with Crippen LogP contribution in [0.1, 0.15) is 20.8 Å². The second-order valence-corrected chi connectivity index (χ2v) is 4.43. The van der Waals surface area contributed by atoms with Gasteiger partial charge in [-0.2, -0.15) is 0 Å². The van der Waals surface area contributed by atoms with Crippen molar-refractivity contribution in [3.8, 4) is 0 Å². The molecule has 85 valence electrons. The summed E-state index contributed by atoms with van der Waals surface area (Å²) in [5, 5.41) is 12.6. The molecule has 15 heavy (non-hydrogen) atoms. The summed E-state index contributed by atoms with van der Waals surface area (Å²) in [7, 11) is 1.26. The summed E-state index contributed by atoms with van der Waals surface area (Å²) in [5.74, 6) is -1.78. The molecule has 0 bridgehead atoms. The van der Waals surface area contributed by atoms with E-state index in [9.17, 15) is 14.8 Å². The highest BCUT2D eigenvalue weighted by atomic mass is 16.5. The summed E-state index contributed by atoms with van der Waals surface area (Å²) in [5.41, 5.74) is -0.891. The fourth-order valence-corrected chi connectivity index (χ4v) is 2.33. The van der Waals surface area contributed by atoms with Crippen LogP contribution in [-0.4, -0.2) is 36.0 Å². The zero-order valence-electron chi connectivity index (χ0n) is 9.39. The second kappa shape index (κ2) is 3.90. The number of rotatable bonds is 2. The molecule has 3 atom stereocenters. The Kier molecular flexibility index (Phi) is 3.16. The third kappa shape index (κ3) is 1.66. The number of ether oxygens (including phenoxy) is 1. The van der Waals surface area contributed by atoms with Crippen molar-refractivity contribution < 1.29 is 19.5 Å². The van der Waals surface area contributed by atoms with E-state index < -0.39 is 29.4 Å². The predicted molar refractivity (Wildman–Crippen MR) is 51.1 cm³/mol. The van der Waals surface area contributed by atoms with Gasteiger partial charge in [-0.25, -0.2) is 0 Å². The van der Waals surface area contributed by atoms with E-state index in [4.69, 9.17) is 0 Å². The third-order valence-corrected chi connectivity index (χ3v) is 3.25. The van der Waals surface area contributed by atoms with Crippen molar-refractivity contribution in [1.29, 1.82) is 0 Å². The van der Waals surface area contributed by atoms with Crippen LogP contribution in [0.15, 0.2) is 0 Å². The summed E-state index contributed by atoms with van der Waals surface area (Å²) in [6, 6.07) is -0.485. The molecule has 0 aliphatic carbocycles. The number of carbonyl (C=O) groups is 2. The van der Waals surface area contributed by atoms with E-state index >= 15 is 0 Å². The van der Waals surface area contributed by atoms with E-state index in [1.165, 1.54) is 7.11 Å². The van der Waals surface area contributed by atoms with Gasteiger partial charge in [0.2, 0.25) is 0 Å². The Morgan fingerprint density at radius 2 is 2.00 bits per heavy atom. The molecule has 0 aromatic heterocycles. The van der Waals surface area contributed by atoms with Crippen LogP contribution in [0.3, 0.4) is 0 Å². The van der Waals surface area contributed by atoms with Crippen LogP contribution >= 0.6 is 0 Å². The lowest BCUT2D eigenvalue weighted by Gasteiger charge is -2.29. The van der Waals surface area contributed by atoms with E-state index in [-0.39, 0.29) is 0 Å². The zero-order valence-corrected chi connectivity index (χ0v) is 9.39. The molecule has 1 heterocycles. The van der Waals surface area contributed by atoms with Gasteiger partial charge in [-0.15, -0.1) is 10.3 Å². The fraction of sp³-hybridized carbons (Fsp3) is 0.800. The van der Waals surface area contributed by atoms with Gasteiger partial charge in [0.15, 0.2) is 0 Å². The first-order valence-corrected chi connectivity index (χ1v) is 4.87. The van der Waals surface area contributed by atoms with Gasteiger partial charge in [0.25, 0.3) is 0 Å². The topological polar surface area (TPSA) is 66.5 Å². The van der Waals surface area contributed by atoms with Crippen LogP contribution < -0.4 is 0 Å². The lowest BCUT2D eigenvalue weighted by Crippen LogP contribution is -2.44. The Labute approximate surface area is 89.0 Å². The summed E-state index contributed by atoms with van der Waals surface area (Å²) in [6.07, 6.45) is 0.673. The SMILES string of the molecule is COC(=O)C1C(C=O)C(C)N([O])C1(C)C. The lowest BCUT2D eigenvalue weighted by molar-refractivity contribution is -0.224. The highest BCUT2D eigenvalue weighted by Gasteiger charge is 2.56. The van der Waals surface area contributed by atoms with Crippen molar-refractivity contribution in [3.63, 3.8) is 0 Å². The minimum absolute atomic E-state index is 0.485. The molecule has 0 N–H and O–H groups in total. The molecule has 1 radical (unpaired) electrons. The number of hydrogen-bond acceptors (Lipinski definition) is 4. The van der Waals surface area contributed by atoms with Gasteiger partial charge in [-0.1, -0.05) is 0 Å². The molecule has 1 rings (SSSR count). The Morgan fingerprint density at radius 1 is 1.47 bits per heavy atom. The lowest BCUT2D eigenvalue weighted by atomic mass is 9.82. The average molecular weight is 214 g/mol. The Morgan fingerprint density at radius 3 is 2.40 bits per heavy atom. The number of carbonyl (C=O) groups excluding carboxylic acids is 2. The first kappa shape index (κ1) is 12.1. The average Bonchev–Trinajstić information content (AvgIpc) is 2.37. The molecular weight excluding hydrogens is 198 g/mol. The summed E-state index contributed by atoms with van der Waals surface area (Å²) in [4.78, 5) is 22.5. The molecule has 1 fully saturated rings. The van der Waals surface area contributed by atoms with E-state index in [0.717, 1.165) is 5.06 Å². The summed E-state index contributed by atoms with van der Waals surface area (Å²) < 4.78 is 4.64. The maximum atomic E-state index is 11.8. The Bertz CT molecular complexity index is 277. The number of aldehydes is 1. The molecule has 5 heteroatoms. The van der Waals surface area contributed by atoms with Gasteiger partial charge in [-0.05, 0) is 20.8 Å². The molecule has 0 aromatic rings. The van der Waals surface area contributed by atoms with Gasteiger partial charge < -0.3 is 9.53 Å². The van der Waals surface area contributed by atoms with Crippen LogP contribution in [0, 0.1) is 11.8 Å². The molecule has 1 aliphatic heterocycles. The van der Waals surface area contributed by atoms with E-state index in [1.807, 2.05) is 0 Å². The van der Waals surface area contributed by atoms with Crippen molar-refractivity contribution in [1.82, 2.24) is 5.06 Å². The first-order valence-electron chi connectivity index (χ1n) is 4.87. The summed E-state index contributed by atoms with van der Waals surface area (Å²) in [6.45, 7) is 4.96. The molecule has 1 aliphatic rings. The number of esters is 1. The Hall–Kier alpha value is -0.940. The van der Waals surface area contributed by atoms with Gasteiger partial charge in [0.05, 0.1) is 18.6 Å². The Balaban J connectivity index is 3.09. The van der Waals surface area contributed by atoms with Crippen molar-refractivity contribution >= 4 is 12.3 Å². The summed E-state index contributed by atoms with van der Waals surface area (Å²) >= 11 is 0. The largest absolute Gasteiger partial charge is 0.469 e. The molecule has 5 nitrogen and oxygen atoms in total. The minimum Gasteiger partial charge on any atom is -0.469 e. The van der Waals surface area contributed by atoms with Crippen LogP contribution in [0.2, 0.25) is 0 Å². The fourth-order valence-electron chi connectivity index (χ4n) is 2.33. The van der Waals surface area contributed by atoms with Gasteiger partial charge in [0.1, 0.15) is 6.29 Å². The minimum atomic E-state index is -0.891. The second-order valence-electron chi connectivity index (χ2n) is 4.43. The van der Waals surface area contributed by atoms with Crippen molar-refractivity contribution in [2.75, 3.05) is 7.11 Å². The highest BCUT2D eigenvalue weighted by molar-refractivity contribution is 5.79. The smallest absolute Gasteiger partial charge is 0.311 e. The number of nitrogens with zero attached hydrogens (tertiary/aromatic N) is 1. The third-order valence-electron chi connectivity index (χ3n) is 3.25. The van der Waals surface area contributed by atoms with E-state index in [2.05, 4.69) is 4.74 Å². The van der Waals surface area contributed by atoms with Crippen molar-refractivity contribution in [2.45, 2.75) is 32.4 Å². The molecule has 3 unspecified atom stereocenters. The molecule has 0 amide bonds. The zero-order chi connectivity index (χ0) is 11.8. The van der Waals surface area contributed by atoms with E-state index in [1.54, 1.807) is 20.8 Å². The highest BCUT2D eigenvalue weighted by Crippen LogP contribution is 2.41. The monoisotopic (exact) mass is 214 g/mol. The molecule has 1 saturated heterocycles. The number of hydrogen-bond donors (Lipinski definition) is 0. The standard InChI is InChI=1S/C10H16NO4/c1-6-7(5-12)8(9(13)15-4)10(2,3)11(6)14/h5-8H,1-4H3. The van der Waals surface area contributed by atoms with Crippen molar-refractivity contribution in [3.05, 3.63) is 0 Å². The normalized spacial score (nSPS) is 35.1. The van der Waals surface area contributed by atoms with Crippen LogP contribution in [0.5, 0.6) is 0 Å². The maximum absolute atomic E-state index is 11.8. The first-order chi connectivity index (χ1) is 6.87. The number of hydroxylamine groups is 2.